The molecule has 3 fully saturated rings. The van der Waals surface area contributed by atoms with Crippen LogP contribution >= 0.6 is 0 Å². The van der Waals surface area contributed by atoms with E-state index >= 15 is 0 Å². The lowest BCUT2D eigenvalue weighted by atomic mass is 9.42. The Hall–Kier alpha value is -1.65. The van der Waals surface area contributed by atoms with Crippen molar-refractivity contribution in [3.63, 3.8) is 0 Å². The molecule has 5 nitrogen and oxygen atoms in total. The quantitative estimate of drug-likeness (QED) is 0.328. The highest BCUT2D eigenvalue weighted by atomic mass is 16.5. The lowest BCUT2D eigenvalue weighted by Crippen LogP contribution is -2.62. The second kappa shape index (κ2) is 7.43. The lowest BCUT2D eigenvalue weighted by Gasteiger charge is -2.58. The first-order valence-corrected chi connectivity index (χ1v) is 12.4. The average molecular weight is 445 g/mol. The van der Waals surface area contributed by atoms with Crippen LogP contribution in [0, 0.1) is 51.2 Å². The van der Waals surface area contributed by atoms with Crippen molar-refractivity contribution in [2.45, 2.75) is 80.1 Å². The van der Waals surface area contributed by atoms with Crippen molar-refractivity contribution in [1.82, 2.24) is 0 Å². The predicted octanol–water partition coefficient (Wildman–Crippen LogP) is 5.28. The summed E-state index contributed by atoms with van der Waals surface area (Å²) in [5.41, 5.74) is -1.79. The number of allylic oxidation sites excluding steroid dienone is 1. The molecule has 4 bridgehead atoms. The summed E-state index contributed by atoms with van der Waals surface area (Å²) in [4.78, 5) is 38.7. The summed E-state index contributed by atoms with van der Waals surface area (Å²) in [6.07, 6.45) is 7.53. The third kappa shape index (κ3) is 2.84. The van der Waals surface area contributed by atoms with E-state index in [-0.39, 0.29) is 35.7 Å². The van der Waals surface area contributed by atoms with Gasteiger partial charge in [0.1, 0.15) is 11.7 Å². The van der Waals surface area contributed by atoms with E-state index in [0.717, 1.165) is 31.1 Å². The molecule has 0 radical (unpaired) electrons. The molecule has 0 aliphatic heterocycles. The smallest absolute Gasteiger partial charge is 0.315 e. The van der Waals surface area contributed by atoms with Crippen LogP contribution in [0.4, 0.5) is 0 Å². The molecule has 0 aromatic heterocycles. The zero-order valence-electron chi connectivity index (χ0n) is 20.6. The second-order valence-corrected chi connectivity index (χ2v) is 12.7. The number of hydrogen-bond acceptors (Lipinski definition) is 4. The van der Waals surface area contributed by atoms with Crippen molar-refractivity contribution in [3.8, 4) is 0 Å². The van der Waals surface area contributed by atoms with Gasteiger partial charge < -0.3 is 14.6 Å². The largest absolute Gasteiger partial charge is 0.481 e. The number of carbonyl (C=O) groups excluding carboxylic acids is 2. The van der Waals surface area contributed by atoms with E-state index in [2.05, 4.69) is 26.8 Å². The summed E-state index contributed by atoms with van der Waals surface area (Å²) in [6.45, 7) is 12.6. The highest BCUT2D eigenvalue weighted by molar-refractivity contribution is 5.90. The molecular weight excluding hydrogens is 404 g/mol. The third-order valence-corrected chi connectivity index (χ3v) is 9.61. The summed E-state index contributed by atoms with van der Waals surface area (Å²) in [7, 11) is 0. The molecule has 0 saturated heterocycles. The number of aldehydes is 1. The van der Waals surface area contributed by atoms with Crippen molar-refractivity contribution >= 4 is 18.2 Å². The molecule has 0 spiro atoms. The first-order chi connectivity index (χ1) is 14.9. The molecule has 5 heteroatoms. The normalized spacial score (nSPS) is 42.0. The fraction of sp³-hybridized carbons (Fsp3) is 0.815. The number of hydrogen-bond donors (Lipinski definition) is 1. The Bertz CT molecular complexity index is 851. The molecule has 7 atom stereocenters. The van der Waals surface area contributed by atoms with Gasteiger partial charge in [-0.1, -0.05) is 59.6 Å². The molecule has 1 N–H and O–H groups in total. The summed E-state index contributed by atoms with van der Waals surface area (Å²) >= 11 is 0. The number of carboxylic acid groups (broad SMARTS) is 1. The number of rotatable bonds is 7. The van der Waals surface area contributed by atoms with Crippen LogP contribution in [0.2, 0.25) is 0 Å². The van der Waals surface area contributed by atoms with Gasteiger partial charge in [-0.05, 0) is 60.7 Å². The third-order valence-electron chi connectivity index (χ3n) is 9.61. The van der Waals surface area contributed by atoms with Gasteiger partial charge in [0.15, 0.2) is 0 Å². The van der Waals surface area contributed by atoms with E-state index in [1.165, 1.54) is 0 Å². The molecule has 0 unspecified atom stereocenters. The topological polar surface area (TPSA) is 80.7 Å². The highest BCUT2D eigenvalue weighted by Crippen LogP contribution is 2.83. The van der Waals surface area contributed by atoms with Crippen molar-refractivity contribution in [1.29, 1.82) is 0 Å². The Morgan fingerprint density at radius 1 is 1.25 bits per heavy atom. The predicted molar refractivity (Wildman–Crippen MR) is 122 cm³/mol. The summed E-state index contributed by atoms with van der Waals surface area (Å²) < 4.78 is 5.67. The Kier molecular flexibility index (Phi) is 5.46. The van der Waals surface area contributed by atoms with Gasteiger partial charge in [-0.25, -0.2) is 0 Å². The number of fused-ring (bicyclic) bond motifs is 2. The van der Waals surface area contributed by atoms with Gasteiger partial charge in [-0.2, -0.15) is 0 Å². The molecule has 4 rings (SSSR count). The Morgan fingerprint density at radius 2 is 1.94 bits per heavy atom. The van der Waals surface area contributed by atoms with Gasteiger partial charge in [0.2, 0.25) is 0 Å². The van der Waals surface area contributed by atoms with Crippen LogP contribution in [0.3, 0.4) is 0 Å². The number of ether oxygens (including phenoxy) is 1. The Balaban J connectivity index is 1.75. The first kappa shape index (κ1) is 23.5. The SMILES string of the molecule is CC(C)C1=C[C@H]2C[C@]3(C=O)[C@@H]4CC[C@@H](C)[C@H]4C[C@@]2(CCOC(=O)CC(C)(C)C)[C@]13C(=O)O. The van der Waals surface area contributed by atoms with Gasteiger partial charge in [0, 0.05) is 5.41 Å². The molecule has 4 aliphatic rings. The van der Waals surface area contributed by atoms with E-state index in [1.807, 2.05) is 20.8 Å². The Labute approximate surface area is 192 Å². The van der Waals surface area contributed by atoms with Gasteiger partial charge in [0.25, 0.3) is 0 Å². The zero-order chi connectivity index (χ0) is 23.7. The molecule has 0 heterocycles. The maximum atomic E-state index is 13.3. The van der Waals surface area contributed by atoms with Gasteiger partial charge in [-0.15, -0.1) is 0 Å². The van der Waals surface area contributed by atoms with Gasteiger partial charge in [-0.3, -0.25) is 9.59 Å². The molecule has 178 valence electrons. The van der Waals surface area contributed by atoms with Crippen LogP contribution in [-0.4, -0.2) is 29.9 Å². The minimum Gasteiger partial charge on any atom is -0.481 e. The van der Waals surface area contributed by atoms with E-state index in [9.17, 15) is 19.5 Å². The second-order valence-electron chi connectivity index (χ2n) is 12.7. The van der Waals surface area contributed by atoms with E-state index in [1.54, 1.807) is 0 Å². The van der Waals surface area contributed by atoms with Crippen LogP contribution in [0.15, 0.2) is 11.6 Å². The zero-order valence-corrected chi connectivity index (χ0v) is 20.6. The van der Waals surface area contributed by atoms with Crippen molar-refractivity contribution in [3.05, 3.63) is 11.6 Å². The van der Waals surface area contributed by atoms with Gasteiger partial charge >= 0.3 is 11.9 Å². The number of esters is 1. The fourth-order valence-electron chi connectivity index (χ4n) is 8.67. The van der Waals surface area contributed by atoms with Crippen LogP contribution in [0.25, 0.3) is 0 Å². The average Bonchev–Trinajstić information content (AvgIpc) is 3.23. The van der Waals surface area contributed by atoms with Crippen LogP contribution < -0.4 is 0 Å². The minimum atomic E-state index is -1.18. The summed E-state index contributed by atoms with van der Waals surface area (Å²) in [6, 6.07) is 0. The first-order valence-electron chi connectivity index (χ1n) is 12.4. The molecule has 4 aliphatic carbocycles. The minimum absolute atomic E-state index is 0.0559. The van der Waals surface area contributed by atoms with E-state index in [0.29, 0.717) is 31.1 Å². The molecule has 3 saturated carbocycles. The van der Waals surface area contributed by atoms with Crippen molar-refractivity contribution < 1.29 is 24.2 Å². The number of carbonyl (C=O) groups is 3. The van der Waals surface area contributed by atoms with Crippen molar-refractivity contribution in [2.24, 2.45) is 51.2 Å². The van der Waals surface area contributed by atoms with E-state index < -0.39 is 22.2 Å². The molecule has 0 aromatic rings. The van der Waals surface area contributed by atoms with Gasteiger partial charge in [0.05, 0.1) is 18.4 Å². The van der Waals surface area contributed by atoms with E-state index in [4.69, 9.17) is 4.74 Å². The standard InChI is InChI=1S/C27H40O5/c1-16(2)21-11-18-12-26(15-28)20-8-7-17(3)19(20)13-25(18,27(21,26)23(30)31)9-10-32-22(29)14-24(4,5)6/h11,15-20H,7-10,12-14H2,1-6H3,(H,30,31)/t17-,18+,19-,20-,25-,26+,27-/m1/s1. The lowest BCUT2D eigenvalue weighted by molar-refractivity contribution is -0.182. The maximum absolute atomic E-state index is 13.3. The molecule has 0 amide bonds. The number of carboxylic acids is 1. The van der Waals surface area contributed by atoms with Crippen LogP contribution in [-0.2, 0) is 19.1 Å². The molecular formula is C27H40O5. The molecule has 0 aromatic carbocycles. The summed E-state index contributed by atoms with van der Waals surface area (Å²) in [5, 5.41) is 10.9. The highest BCUT2D eigenvalue weighted by Gasteiger charge is 2.83. The summed E-state index contributed by atoms with van der Waals surface area (Å²) in [5.74, 6) is 0.0364. The van der Waals surface area contributed by atoms with Crippen LogP contribution in [0.1, 0.15) is 80.1 Å². The monoisotopic (exact) mass is 444 g/mol. The van der Waals surface area contributed by atoms with Crippen LogP contribution in [0.5, 0.6) is 0 Å². The Morgan fingerprint density at radius 3 is 2.50 bits per heavy atom. The molecule has 32 heavy (non-hydrogen) atoms. The fourth-order valence-corrected chi connectivity index (χ4v) is 8.67. The maximum Gasteiger partial charge on any atom is 0.315 e. The van der Waals surface area contributed by atoms with Crippen molar-refractivity contribution in [2.75, 3.05) is 6.61 Å². The number of aliphatic carboxylic acids is 1.